The Morgan fingerprint density at radius 2 is 2.31 bits per heavy atom. The predicted molar refractivity (Wildman–Crippen MR) is 57.5 cm³/mol. The van der Waals surface area contributed by atoms with E-state index in [4.69, 9.17) is 15.3 Å². The zero-order valence-electron chi connectivity index (χ0n) is 9.32. The summed E-state index contributed by atoms with van der Waals surface area (Å²) in [6.07, 6.45) is 0. The van der Waals surface area contributed by atoms with Gasteiger partial charge in [-0.25, -0.2) is 0 Å². The Kier molecular flexibility index (Phi) is 4.68. The minimum atomic E-state index is -0.526. The number of carbonyl (C=O) groups excluding carboxylic acids is 1. The molecule has 0 radical (unpaired) electrons. The van der Waals surface area contributed by atoms with E-state index in [1.54, 1.807) is 13.2 Å². The summed E-state index contributed by atoms with van der Waals surface area (Å²) < 4.78 is 5.10. The molecule has 0 saturated carbocycles. The molecule has 6 nitrogen and oxygen atoms in total. The molecule has 16 heavy (non-hydrogen) atoms. The molecule has 0 aliphatic heterocycles. The molecule has 0 saturated heterocycles. The first-order valence-corrected chi connectivity index (χ1v) is 4.76. The van der Waals surface area contributed by atoms with Crippen molar-refractivity contribution >= 4 is 5.91 Å². The molecule has 1 aromatic heterocycles. The van der Waals surface area contributed by atoms with Gasteiger partial charge in [0.25, 0.3) is 0 Å². The summed E-state index contributed by atoms with van der Waals surface area (Å²) in [6, 6.07) is 3.61. The molecule has 3 N–H and O–H groups in total. The van der Waals surface area contributed by atoms with Crippen molar-refractivity contribution in [3.8, 4) is 5.75 Å². The van der Waals surface area contributed by atoms with Crippen LogP contribution in [-0.2, 0) is 16.2 Å². The Morgan fingerprint density at radius 3 is 2.94 bits per heavy atom. The molecule has 1 rings (SSSR count). The molecule has 0 aromatic carbocycles. The van der Waals surface area contributed by atoms with Gasteiger partial charge < -0.3 is 10.5 Å². The normalized spacial score (nSPS) is 10.1. The molecule has 0 unspecified atom stereocenters. The van der Waals surface area contributed by atoms with E-state index in [2.05, 4.69) is 10.5 Å². The molecule has 0 bridgehead atoms. The maximum Gasteiger partial charge on any atom is 0.245 e. The van der Waals surface area contributed by atoms with E-state index in [1.165, 1.54) is 0 Å². The lowest BCUT2D eigenvalue weighted by Gasteiger charge is -2.07. The fraction of sp³-hybridized carbons (Fsp3) is 0.400. The Hall–Kier alpha value is -1.66. The highest BCUT2D eigenvalue weighted by Gasteiger charge is 2.01. The fourth-order valence-corrected chi connectivity index (χ4v) is 1.16. The maximum atomic E-state index is 10.4. The third-order valence-corrected chi connectivity index (χ3v) is 1.79. The van der Waals surface area contributed by atoms with Gasteiger partial charge in [-0.3, -0.25) is 14.6 Å². The number of pyridine rings is 1. The number of amides is 1. The summed E-state index contributed by atoms with van der Waals surface area (Å²) in [5, 5.41) is 0. The van der Waals surface area contributed by atoms with Crippen LogP contribution in [0.25, 0.3) is 0 Å². The van der Waals surface area contributed by atoms with Gasteiger partial charge in [-0.05, 0) is 6.92 Å². The van der Waals surface area contributed by atoms with Crippen molar-refractivity contribution in [2.45, 2.75) is 13.5 Å². The van der Waals surface area contributed by atoms with E-state index in [1.807, 2.05) is 13.0 Å². The van der Waals surface area contributed by atoms with E-state index in [0.29, 0.717) is 6.54 Å². The number of hydrogen-bond donors (Lipinski definition) is 2. The number of nitrogens with two attached hydrogens (primary N) is 1. The van der Waals surface area contributed by atoms with Gasteiger partial charge in [-0.2, -0.15) is 5.48 Å². The highest BCUT2D eigenvalue weighted by Crippen LogP contribution is 2.12. The number of methoxy groups -OCH3 is 1. The monoisotopic (exact) mass is 225 g/mol. The van der Waals surface area contributed by atoms with Crippen molar-refractivity contribution in [1.29, 1.82) is 0 Å². The summed E-state index contributed by atoms with van der Waals surface area (Å²) >= 11 is 0. The van der Waals surface area contributed by atoms with Crippen molar-refractivity contribution in [3.63, 3.8) is 0 Å². The van der Waals surface area contributed by atoms with Crippen LogP contribution in [-0.4, -0.2) is 24.6 Å². The van der Waals surface area contributed by atoms with Gasteiger partial charge in [0.2, 0.25) is 5.91 Å². The molecule has 6 heteroatoms. The van der Waals surface area contributed by atoms with Gasteiger partial charge >= 0.3 is 0 Å². The molecule has 1 aromatic rings. The first kappa shape index (κ1) is 12.4. The number of aromatic nitrogens is 1. The molecular weight excluding hydrogens is 210 g/mol. The summed E-state index contributed by atoms with van der Waals surface area (Å²) in [5.74, 6) is 0.210. The van der Waals surface area contributed by atoms with Gasteiger partial charge in [-0.15, -0.1) is 0 Å². The minimum absolute atomic E-state index is 0.164. The maximum absolute atomic E-state index is 10.4. The molecule has 0 spiro atoms. The van der Waals surface area contributed by atoms with Crippen LogP contribution >= 0.6 is 0 Å². The average molecular weight is 225 g/mol. The van der Waals surface area contributed by atoms with Crippen LogP contribution in [0.2, 0.25) is 0 Å². The summed E-state index contributed by atoms with van der Waals surface area (Å²) in [7, 11) is 1.59. The predicted octanol–water partition coefficient (Wildman–Crippen LogP) is -0.0949. The summed E-state index contributed by atoms with van der Waals surface area (Å²) in [6.45, 7) is 2.09. The first-order valence-electron chi connectivity index (χ1n) is 4.76. The van der Waals surface area contributed by atoms with Crippen LogP contribution in [0.4, 0.5) is 0 Å². The molecule has 0 atom stereocenters. The third kappa shape index (κ3) is 4.24. The van der Waals surface area contributed by atoms with Crippen molar-refractivity contribution < 1.29 is 14.4 Å². The van der Waals surface area contributed by atoms with E-state index in [9.17, 15) is 4.79 Å². The molecular formula is C10H15N3O3. The van der Waals surface area contributed by atoms with Crippen molar-refractivity contribution in [2.75, 3.05) is 13.7 Å². The van der Waals surface area contributed by atoms with E-state index < -0.39 is 5.91 Å². The van der Waals surface area contributed by atoms with Crippen LogP contribution in [0.15, 0.2) is 12.1 Å². The second-order valence-electron chi connectivity index (χ2n) is 3.22. The Morgan fingerprint density at radius 1 is 1.56 bits per heavy atom. The number of hydrogen-bond acceptors (Lipinski definition) is 5. The molecule has 0 aliphatic carbocycles. The van der Waals surface area contributed by atoms with Gasteiger partial charge in [-0.1, -0.05) is 0 Å². The Balaban J connectivity index is 2.47. The molecule has 1 heterocycles. The number of ether oxygens (including phenoxy) is 1. The number of aryl methyl sites for hydroxylation is 1. The molecule has 0 aliphatic rings. The quantitative estimate of drug-likeness (QED) is 0.521. The zero-order valence-corrected chi connectivity index (χ0v) is 9.32. The van der Waals surface area contributed by atoms with E-state index in [-0.39, 0.29) is 6.61 Å². The minimum Gasteiger partial charge on any atom is -0.497 e. The number of rotatable bonds is 6. The third-order valence-electron chi connectivity index (χ3n) is 1.79. The smallest absolute Gasteiger partial charge is 0.245 e. The zero-order chi connectivity index (χ0) is 12.0. The number of nitrogens with zero attached hydrogens (tertiary/aromatic N) is 1. The van der Waals surface area contributed by atoms with Crippen molar-refractivity contribution in [1.82, 2.24) is 10.5 Å². The first-order chi connectivity index (χ1) is 7.61. The number of nitrogens with one attached hydrogen (secondary N) is 1. The van der Waals surface area contributed by atoms with Crippen LogP contribution < -0.4 is 16.0 Å². The molecule has 0 fully saturated rings. The highest BCUT2D eigenvalue weighted by molar-refractivity contribution is 5.74. The lowest BCUT2D eigenvalue weighted by Crippen LogP contribution is -2.24. The number of primary amides is 1. The van der Waals surface area contributed by atoms with Crippen LogP contribution in [0.5, 0.6) is 5.75 Å². The van der Waals surface area contributed by atoms with E-state index >= 15 is 0 Å². The number of carbonyl (C=O) groups is 1. The Bertz CT molecular complexity index is 368. The summed E-state index contributed by atoms with van der Waals surface area (Å²) in [5.41, 5.74) is 9.11. The second-order valence-corrected chi connectivity index (χ2v) is 3.22. The standard InChI is InChI=1S/C10H15N3O3/c1-7-3-9(15-2)4-8(13-7)5-12-16-6-10(11)14/h3-4,12H,5-6H2,1-2H3,(H2,11,14). The summed E-state index contributed by atoms with van der Waals surface area (Å²) in [4.78, 5) is 19.5. The van der Waals surface area contributed by atoms with Gasteiger partial charge in [0, 0.05) is 17.8 Å². The SMILES string of the molecule is COc1cc(C)nc(CNOCC(N)=O)c1. The van der Waals surface area contributed by atoms with Gasteiger partial charge in [0.05, 0.1) is 19.3 Å². The second kappa shape index (κ2) is 6.04. The van der Waals surface area contributed by atoms with Crippen molar-refractivity contribution in [2.24, 2.45) is 5.73 Å². The average Bonchev–Trinajstić information content (AvgIpc) is 2.23. The van der Waals surface area contributed by atoms with Crippen molar-refractivity contribution in [3.05, 3.63) is 23.5 Å². The van der Waals surface area contributed by atoms with Crippen LogP contribution in [0, 0.1) is 6.92 Å². The highest BCUT2D eigenvalue weighted by atomic mass is 16.6. The Labute approximate surface area is 93.7 Å². The largest absolute Gasteiger partial charge is 0.497 e. The fourth-order valence-electron chi connectivity index (χ4n) is 1.16. The van der Waals surface area contributed by atoms with Gasteiger partial charge in [0.1, 0.15) is 12.4 Å². The number of hydroxylamine groups is 1. The molecule has 1 amide bonds. The lowest BCUT2D eigenvalue weighted by atomic mass is 10.3. The molecule has 88 valence electrons. The van der Waals surface area contributed by atoms with E-state index in [0.717, 1.165) is 17.1 Å². The van der Waals surface area contributed by atoms with Crippen LogP contribution in [0.1, 0.15) is 11.4 Å². The topological polar surface area (TPSA) is 86.5 Å². The van der Waals surface area contributed by atoms with Crippen LogP contribution in [0.3, 0.4) is 0 Å². The van der Waals surface area contributed by atoms with Gasteiger partial charge in [0.15, 0.2) is 0 Å². The lowest BCUT2D eigenvalue weighted by molar-refractivity contribution is -0.125.